The first-order valence-electron chi connectivity index (χ1n) is 13.6. The fourth-order valence-corrected chi connectivity index (χ4v) is 7.48. The fraction of sp³-hybridized carbons (Fsp3) is 0.552. The minimum absolute atomic E-state index is 0.0296. The molecule has 11 heteroatoms. The lowest BCUT2D eigenvalue weighted by Crippen LogP contribution is -2.63. The van der Waals surface area contributed by atoms with E-state index < -0.39 is 58.0 Å². The zero-order valence-corrected chi connectivity index (χ0v) is 23.2. The van der Waals surface area contributed by atoms with Crippen LogP contribution in [0, 0.1) is 11.8 Å². The van der Waals surface area contributed by atoms with Gasteiger partial charge in [-0.15, -0.1) is 0 Å². The molecule has 1 aromatic rings. The summed E-state index contributed by atoms with van der Waals surface area (Å²) in [6.07, 6.45) is 4.75. The van der Waals surface area contributed by atoms with Crippen LogP contribution < -0.4 is 10.5 Å². The van der Waals surface area contributed by atoms with Crippen molar-refractivity contribution in [2.75, 3.05) is 28.3 Å². The molecule has 6 N–H and O–H groups in total. The molecule has 1 aromatic carbocycles. The van der Waals surface area contributed by atoms with Crippen LogP contribution in [-0.2, 0) is 22.6 Å². The minimum atomic E-state index is -2.66. The summed E-state index contributed by atoms with van der Waals surface area (Å²) in [5, 5.41) is 45.1. The van der Waals surface area contributed by atoms with E-state index in [1.807, 2.05) is 7.05 Å². The number of ether oxygens (including phenoxy) is 1. The Bertz CT molecular complexity index is 1360. The lowest BCUT2D eigenvalue weighted by molar-refractivity contribution is -0.148. The third-order valence-electron chi connectivity index (χ3n) is 9.32. The number of carbonyl (C=O) groups is 3. The zero-order valence-electron chi connectivity index (χ0n) is 23.2. The molecule has 4 atom stereocenters. The summed E-state index contributed by atoms with van der Waals surface area (Å²) >= 11 is 0. The van der Waals surface area contributed by atoms with Crippen molar-refractivity contribution < 1.29 is 39.5 Å². The second-order valence-electron chi connectivity index (χ2n) is 11.8. The summed E-state index contributed by atoms with van der Waals surface area (Å²) in [5.74, 6) is -6.23. The Labute approximate surface area is 232 Å². The summed E-state index contributed by atoms with van der Waals surface area (Å²) in [6.45, 7) is 0.510. The monoisotopic (exact) mass is 555 g/mol. The number of nitrogens with two attached hydrogens (primary N) is 1. The van der Waals surface area contributed by atoms with Gasteiger partial charge in [-0.1, -0.05) is 12.8 Å². The molecule has 40 heavy (non-hydrogen) atoms. The Morgan fingerprint density at radius 3 is 2.38 bits per heavy atom. The molecule has 0 saturated heterocycles. The lowest BCUT2D eigenvalue weighted by Gasteiger charge is -2.50. The van der Waals surface area contributed by atoms with Gasteiger partial charge in [0.05, 0.1) is 18.7 Å². The van der Waals surface area contributed by atoms with Crippen LogP contribution >= 0.6 is 0 Å². The van der Waals surface area contributed by atoms with E-state index in [-0.39, 0.29) is 29.7 Å². The number of phenolic OH excluding ortho intramolecular Hbond substituents is 1. The van der Waals surface area contributed by atoms with Gasteiger partial charge in [0.25, 0.3) is 5.91 Å². The average Bonchev–Trinajstić information content (AvgIpc) is 3.41. The van der Waals surface area contributed by atoms with Crippen molar-refractivity contribution in [3.05, 3.63) is 45.4 Å². The smallest absolute Gasteiger partial charge is 0.255 e. The number of amides is 1. The number of nitrogens with zero attached hydrogens (tertiary/aromatic N) is 2. The Balaban J connectivity index is 1.63. The molecule has 1 amide bonds. The standard InChI is InChI=1S/C29H37N3O8/c1-31(2)22-17-10-13-9-16-20(18(33)11-14(25(16)40-4)12-32(3)15-7-5-6-8-15)23(34)19(13)26(36)29(17,39)27(37)21(24(22)35)28(30)38/h11,13,15,17,22,33,35-36,39H,5-10,12H2,1-4H3,(H2,30,38)/t13-,17-,22-,29-/m0/s1. The minimum Gasteiger partial charge on any atom is -0.510 e. The molecule has 0 bridgehead atoms. The number of aromatic hydroxyl groups is 1. The summed E-state index contributed by atoms with van der Waals surface area (Å²) in [7, 11) is 6.73. The van der Waals surface area contributed by atoms with Crippen molar-refractivity contribution >= 4 is 17.5 Å². The Hall–Kier alpha value is -3.41. The molecule has 0 spiro atoms. The van der Waals surface area contributed by atoms with Gasteiger partial charge in [0, 0.05) is 35.2 Å². The maximum absolute atomic E-state index is 13.9. The van der Waals surface area contributed by atoms with Crippen LogP contribution in [0.1, 0.15) is 53.6 Å². The van der Waals surface area contributed by atoms with Crippen molar-refractivity contribution in [1.82, 2.24) is 9.80 Å². The highest BCUT2D eigenvalue weighted by Gasteiger charge is 2.63. The number of likely N-dealkylation sites (N-methyl/N-ethyl adjacent to an activating group) is 1. The lowest BCUT2D eigenvalue weighted by atomic mass is 9.58. The SMILES string of the molecule is COc1c(CN(C)C2CCCC2)cc(O)c2c1C[C@H]1C[C@H]3[C@H](N(C)C)C(O)=C(C(N)=O)C(=O)[C@@]3(O)C(O)=C1C2=O. The van der Waals surface area contributed by atoms with Gasteiger partial charge in [-0.2, -0.15) is 0 Å². The van der Waals surface area contributed by atoms with Crippen LogP contribution in [-0.4, -0.2) is 93.6 Å². The van der Waals surface area contributed by atoms with E-state index in [2.05, 4.69) is 4.90 Å². The molecule has 0 aromatic heterocycles. The Morgan fingerprint density at radius 2 is 1.80 bits per heavy atom. The summed E-state index contributed by atoms with van der Waals surface area (Å²) in [6, 6.07) is 0.885. The normalized spacial score (nSPS) is 28.7. The predicted molar refractivity (Wildman–Crippen MR) is 144 cm³/mol. The Morgan fingerprint density at radius 1 is 1.15 bits per heavy atom. The van der Waals surface area contributed by atoms with E-state index in [1.165, 1.54) is 30.9 Å². The van der Waals surface area contributed by atoms with E-state index in [1.54, 1.807) is 14.1 Å². The molecule has 1 saturated carbocycles. The first kappa shape index (κ1) is 28.1. The van der Waals surface area contributed by atoms with Gasteiger partial charge in [-0.3, -0.25) is 24.2 Å². The highest BCUT2D eigenvalue weighted by molar-refractivity contribution is 6.24. The maximum atomic E-state index is 13.9. The van der Waals surface area contributed by atoms with E-state index in [4.69, 9.17) is 10.5 Å². The molecular formula is C29H37N3O8. The number of ketones is 2. The number of hydrogen-bond donors (Lipinski definition) is 5. The first-order valence-corrected chi connectivity index (χ1v) is 13.6. The van der Waals surface area contributed by atoms with Crippen molar-refractivity contribution in [1.29, 1.82) is 0 Å². The number of Topliss-reactive ketones (excluding diaryl/α,β-unsaturated/α-hetero) is 2. The zero-order chi connectivity index (χ0) is 29.3. The first-order chi connectivity index (χ1) is 18.8. The van der Waals surface area contributed by atoms with Crippen LogP contribution in [0.25, 0.3) is 0 Å². The van der Waals surface area contributed by atoms with Gasteiger partial charge < -0.3 is 30.9 Å². The second kappa shape index (κ2) is 9.90. The molecule has 0 unspecified atom stereocenters. The van der Waals surface area contributed by atoms with Crippen molar-refractivity contribution in [3.8, 4) is 11.5 Å². The number of rotatable bonds is 6. The van der Waals surface area contributed by atoms with Crippen LogP contribution in [0.2, 0.25) is 0 Å². The fourth-order valence-electron chi connectivity index (χ4n) is 7.48. The third kappa shape index (κ3) is 3.93. The van der Waals surface area contributed by atoms with Gasteiger partial charge in [-0.05, 0) is 58.8 Å². The topological polar surface area (TPSA) is 174 Å². The number of methoxy groups -OCH3 is 1. The number of allylic oxidation sites excluding steroid dienone is 1. The van der Waals surface area contributed by atoms with Gasteiger partial charge in [0.15, 0.2) is 11.4 Å². The number of phenols is 1. The third-order valence-corrected chi connectivity index (χ3v) is 9.32. The van der Waals surface area contributed by atoms with E-state index in [9.17, 15) is 34.8 Å². The summed E-state index contributed by atoms with van der Waals surface area (Å²) < 4.78 is 5.80. The van der Waals surface area contributed by atoms with Gasteiger partial charge in [0.1, 0.15) is 28.6 Å². The maximum Gasteiger partial charge on any atom is 0.255 e. The number of fused-ring (bicyclic) bond motifs is 3. The number of aliphatic hydroxyl groups excluding tert-OH is 2. The van der Waals surface area contributed by atoms with Crippen molar-refractivity contribution in [3.63, 3.8) is 0 Å². The molecule has 4 aliphatic rings. The average molecular weight is 556 g/mol. The largest absolute Gasteiger partial charge is 0.510 e. The van der Waals surface area contributed by atoms with E-state index in [0.29, 0.717) is 23.9 Å². The van der Waals surface area contributed by atoms with Crippen LogP contribution in [0.15, 0.2) is 28.7 Å². The molecule has 1 fully saturated rings. The molecule has 0 heterocycles. The van der Waals surface area contributed by atoms with Crippen molar-refractivity contribution in [2.24, 2.45) is 17.6 Å². The summed E-state index contributed by atoms with van der Waals surface area (Å²) in [5.41, 5.74) is 2.88. The molecule has 0 radical (unpaired) electrons. The molecule has 11 nitrogen and oxygen atoms in total. The van der Waals surface area contributed by atoms with E-state index >= 15 is 0 Å². The van der Waals surface area contributed by atoms with Gasteiger partial charge in [0.2, 0.25) is 5.78 Å². The number of hydrogen-bond acceptors (Lipinski definition) is 10. The Kier molecular flexibility index (Phi) is 6.96. The molecule has 216 valence electrons. The number of benzene rings is 1. The number of primary amides is 1. The van der Waals surface area contributed by atoms with Crippen molar-refractivity contribution in [2.45, 2.75) is 62.8 Å². The highest BCUT2D eigenvalue weighted by atomic mass is 16.5. The number of aliphatic hydroxyl groups is 3. The summed E-state index contributed by atoms with van der Waals surface area (Å²) in [4.78, 5) is 43.2. The molecule has 0 aliphatic heterocycles. The molecular weight excluding hydrogens is 518 g/mol. The highest BCUT2D eigenvalue weighted by Crippen LogP contribution is 2.53. The quantitative estimate of drug-likeness (QED) is 0.324. The molecule has 5 rings (SSSR count). The number of carbonyl (C=O) groups excluding carboxylic acids is 3. The van der Waals surface area contributed by atoms with Gasteiger partial charge >= 0.3 is 0 Å². The van der Waals surface area contributed by atoms with Crippen LogP contribution in [0.3, 0.4) is 0 Å². The predicted octanol–water partition coefficient (Wildman–Crippen LogP) is 1.50. The van der Waals surface area contributed by atoms with E-state index in [0.717, 1.165) is 18.4 Å². The molecule has 4 aliphatic carbocycles. The van der Waals surface area contributed by atoms with Crippen LogP contribution in [0.5, 0.6) is 11.5 Å². The van der Waals surface area contributed by atoms with Gasteiger partial charge in [-0.25, -0.2) is 0 Å². The van der Waals surface area contributed by atoms with Crippen LogP contribution in [0.4, 0.5) is 0 Å². The second-order valence-corrected chi connectivity index (χ2v) is 11.8.